The molecular formula is C13H21BrN2O2S. The average Bonchev–Trinajstić information content (AvgIpc) is 2.38. The zero-order valence-electron chi connectivity index (χ0n) is 11.2. The maximum atomic E-state index is 11.9. The lowest BCUT2D eigenvalue weighted by Gasteiger charge is -2.06. The second kappa shape index (κ2) is 8.66. The second-order valence-electron chi connectivity index (χ2n) is 4.50. The number of halogens is 1. The molecule has 1 N–H and O–H groups in total. The van der Waals surface area contributed by atoms with Gasteiger partial charge < -0.3 is 0 Å². The van der Waals surface area contributed by atoms with Crippen LogP contribution in [0.15, 0.2) is 27.8 Å². The number of hydrogen-bond acceptors (Lipinski definition) is 3. The third-order valence-corrected chi connectivity index (χ3v) is 4.67. The van der Waals surface area contributed by atoms with Crippen molar-refractivity contribution in [2.45, 2.75) is 50.3 Å². The van der Waals surface area contributed by atoms with Crippen LogP contribution >= 0.6 is 15.9 Å². The van der Waals surface area contributed by atoms with Gasteiger partial charge in [0, 0.05) is 23.4 Å². The van der Waals surface area contributed by atoms with Crippen molar-refractivity contribution in [3.05, 3.63) is 22.9 Å². The highest BCUT2D eigenvalue weighted by Gasteiger charge is 2.13. The molecule has 108 valence electrons. The molecule has 0 spiro atoms. The number of unbranched alkanes of at least 4 members (excludes halogenated alkanes) is 5. The number of nitrogens with one attached hydrogen (secondary N) is 1. The molecule has 19 heavy (non-hydrogen) atoms. The fourth-order valence-electron chi connectivity index (χ4n) is 1.73. The van der Waals surface area contributed by atoms with Gasteiger partial charge in [-0.15, -0.1) is 0 Å². The minimum Gasteiger partial charge on any atom is -0.262 e. The van der Waals surface area contributed by atoms with E-state index in [0.29, 0.717) is 11.0 Å². The maximum Gasteiger partial charge on any atom is 0.242 e. The summed E-state index contributed by atoms with van der Waals surface area (Å²) in [5.74, 6) is 0. The summed E-state index contributed by atoms with van der Waals surface area (Å²) >= 11 is 3.22. The van der Waals surface area contributed by atoms with Crippen LogP contribution in [0.5, 0.6) is 0 Å². The molecule has 0 aliphatic carbocycles. The quantitative estimate of drug-likeness (QED) is 0.695. The molecule has 0 amide bonds. The molecule has 0 saturated carbocycles. The number of rotatable bonds is 9. The summed E-state index contributed by atoms with van der Waals surface area (Å²) < 4.78 is 27.2. The van der Waals surface area contributed by atoms with Gasteiger partial charge in [0.25, 0.3) is 0 Å². The Morgan fingerprint density at radius 2 is 1.84 bits per heavy atom. The van der Waals surface area contributed by atoms with Crippen LogP contribution in [0.3, 0.4) is 0 Å². The smallest absolute Gasteiger partial charge is 0.242 e. The molecule has 0 radical (unpaired) electrons. The van der Waals surface area contributed by atoms with Crippen LogP contribution < -0.4 is 4.72 Å². The van der Waals surface area contributed by atoms with Gasteiger partial charge in [-0.2, -0.15) is 0 Å². The van der Waals surface area contributed by atoms with E-state index in [1.54, 1.807) is 12.3 Å². The van der Waals surface area contributed by atoms with Gasteiger partial charge >= 0.3 is 0 Å². The van der Waals surface area contributed by atoms with Gasteiger partial charge in [-0.3, -0.25) is 4.98 Å². The summed E-state index contributed by atoms with van der Waals surface area (Å²) in [5, 5.41) is 0. The number of sulfonamides is 1. The van der Waals surface area contributed by atoms with Crippen LogP contribution in [0, 0.1) is 0 Å². The molecule has 1 rings (SSSR count). The molecule has 1 aromatic rings. The molecule has 0 aliphatic heterocycles. The Bertz CT molecular complexity index is 477. The second-order valence-corrected chi connectivity index (χ2v) is 7.19. The van der Waals surface area contributed by atoms with E-state index in [9.17, 15) is 8.42 Å². The van der Waals surface area contributed by atoms with Gasteiger partial charge in [0.2, 0.25) is 10.0 Å². The van der Waals surface area contributed by atoms with Crippen molar-refractivity contribution >= 4 is 26.0 Å². The Balaban J connectivity index is 2.32. The SMILES string of the molecule is CCCCCCCCNS(=O)(=O)c1cncc(Br)c1. The van der Waals surface area contributed by atoms with Gasteiger partial charge in [0.15, 0.2) is 0 Å². The van der Waals surface area contributed by atoms with E-state index in [1.165, 1.54) is 31.9 Å². The molecule has 1 aromatic heterocycles. The molecule has 0 atom stereocenters. The normalized spacial score (nSPS) is 11.7. The lowest BCUT2D eigenvalue weighted by molar-refractivity contribution is 0.567. The van der Waals surface area contributed by atoms with Crippen molar-refractivity contribution < 1.29 is 8.42 Å². The number of hydrogen-bond donors (Lipinski definition) is 1. The Labute approximate surface area is 124 Å². The van der Waals surface area contributed by atoms with Crippen molar-refractivity contribution in [1.82, 2.24) is 9.71 Å². The monoisotopic (exact) mass is 348 g/mol. The third kappa shape index (κ3) is 6.49. The minimum atomic E-state index is -3.42. The summed E-state index contributed by atoms with van der Waals surface area (Å²) in [7, 11) is -3.42. The van der Waals surface area contributed by atoms with E-state index in [2.05, 4.69) is 32.6 Å². The van der Waals surface area contributed by atoms with Gasteiger partial charge in [0.1, 0.15) is 4.90 Å². The zero-order chi connectivity index (χ0) is 14.1. The molecule has 0 saturated heterocycles. The van der Waals surface area contributed by atoms with E-state index in [4.69, 9.17) is 0 Å². The van der Waals surface area contributed by atoms with Crippen molar-refractivity contribution in [2.24, 2.45) is 0 Å². The first-order chi connectivity index (χ1) is 9.06. The van der Waals surface area contributed by atoms with Crippen LogP contribution in [0.1, 0.15) is 45.4 Å². The summed E-state index contributed by atoms with van der Waals surface area (Å²) in [6.45, 7) is 2.67. The van der Waals surface area contributed by atoms with Crippen molar-refractivity contribution in [3.8, 4) is 0 Å². The molecule has 0 aliphatic rings. The zero-order valence-corrected chi connectivity index (χ0v) is 13.6. The Hall–Kier alpha value is -0.460. The molecule has 6 heteroatoms. The predicted octanol–water partition coefficient (Wildman–Crippen LogP) is 3.48. The standard InChI is InChI=1S/C13H21BrN2O2S/c1-2-3-4-5-6-7-8-16-19(17,18)13-9-12(14)10-15-11-13/h9-11,16H,2-8H2,1H3. The molecule has 4 nitrogen and oxygen atoms in total. The highest BCUT2D eigenvalue weighted by Crippen LogP contribution is 2.14. The van der Waals surface area contributed by atoms with E-state index in [0.717, 1.165) is 12.8 Å². The first-order valence-corrected chi connectivity index (χ1v) is 8.94. The van der Waals surface area contributed by atoms with Crippen LogP contribution in [0.2, 0.25) is 0 Å². The van der Waals surface area contributed by atoms with Crippen LogP contribution in [0.25, 0.3) is 0 Å². The van der Waals surface area contributed by atoms with Gasteiger partial charge in [0.05, 0.1) is 0 Å². The van der Waals surface area contributed by atoms with Crippen LogP contribution in [-0.4, -0.2) is 19.9 Å². The highest BCUT2D eigenvalue weighted by molar-refractivity contribution is 9.10. The molecule has 0 fully saturated rings. The third-order valence-electron chi connectivity index (χ3n) is 2.81. The Kier molecular flexibility index (Phi) is 7.56. The number of aromatic nitrogens is 1. The lowest BCUT2D eigenvalue weighted by Crippen LogP contribution is -2.24. The summed E-state index contributed by atoms with van der Waals surface area (Å²) in [4.78, 5) is 4.06. The predicted molar refractivity (Wildman–Crippen MR) is 80.5 cm³/mol. The minimum absolute atomic E-state index is 0.202. The summed E-state index contributed by atoms with van der Waals surface area (Å²) in [6.07, 6.45) is 9.76. The van der Waals surface area contributed by atoms with E-state index in [-0.39, 0.29) is 4.90 Å². The van der Waals surface area contributed by atoms with Crippen LogP contribution in [-0.2, 0) is 10.0 Å². The lowest BCUT2D eigenvalue weighted by atomic mass is 10.1. The van der Waals surface area contributed by atoms with Gasteiger partial charge in [-0.1, -0.05) is 39.0 Å². The Morgan fingerprint density at radius 3 is 2.53 bits per heavy atom. The largest absolute Gasteiger partial charge is 0.262 e. The van der Waals surface area contributed by atoms with E-state index in [1.807, 2.05) is 0 Å². The highest BCUT2D eigenvalue weighted by atomic mass is 79.9. The topological polar surface area (TPSA) is 59.1 Å². The van der Waals surface area contributed by atoms with Crippen molar-refractivity contribution in [1.29, 1.82) is 0 Å². The fourth-order valence-corrected chi connectivity index (χ4v) is 3.31. The molecule has 0 unspecified atom stereocenters. The van der Waals surface area contributed by atoms with Gasteiger partial charge in [-0.25, -0.2) is 13.1 Å². The first-order valence-electron chi connectivity index (χ1n) is 6.66. The van der Waals surface area contributed by atoms with Gasteiger partial charge in [-0.05, 0) is 28.4 Å². The summed E-state index contributed by atoms with van der Waals surface area (Å²) in [5.41, 5.74) is 0. The average molecular weight is 349 g/mol. The molecule has 0 bridgehead atoms. The molecule has 0 aromatic carbocycles. The first kappa shape index (κ1) is 16.6. The maximum absolute atomic E-state index is 11.9. The number of pyridine rings is 1. The molecular weight excluding hydrogens is 328 g/mol. The van der Waals surface area contributed by atoms with E-state index >= 15 is 0 Å². The number of nitrogens with zero attached hydrogens (tertiary/aromatic N) is 1. The van der Waals surface area contributed by atoms with Crippen molar-refractivity contribution in [3.63, 3.8) is 0 Å². The van der Waals surface area contributed by atoms with Crippen molar-refractivity contribution in [2.75, 3.05) is 6.54 Å². The molecule has 1 heterocycles. The fraction of sp³-hybridized carbons (Fsp3) is 0.615. The van der Waals surface area contributed by atoms with E-state index < -0.39 is 10.0 Å². The summed E-state index contributed by atoms with van der Waals surface area (Å²) in [6, 6.07) is 1.55. The Morgan fingerprint density at radius 1 is 1.16 bits per heavy atom. The van der Waals surface area contributed by atoms with Crippen LogP contribution in [0.4, 0.5) is 0 Å².